The molecule has 0 bridgehead atoms. The first kappa shape index (κ1) is 17.8. The Morgan fingerprint density at radius 3 is 2.40 bits per heavy atom. The number of piperidine rings is 2. The highest BCUT2D eigenvalue weighted by molar-refractivity contribution is 5.67. The lowest BCUT2D eigenvalue weighted by Gasteiger charge is -2.44. The van der Waals surface area contributed by atoms with Gasteiger partial charge in [-0.25, -0.2) is 4.79 Å². The molecule has 0 aliphatic carbocycles. The maximum absolute atomic E-state index is 11.8. The van der Waals surface area contributed by atoms with Crippen molar-refractivity contribution in [2.75, 3.05) is 32.8 Å². The topological polar surface area (TPSA) is 56.6 Å². The van der Waals surface area contributed by atoms with Crippen molar-refractivity contribution in [2.24, 2.45) is 0 Å². The van der Waals surface area contributed by atoms with Gasteiger partial charge in [-0.1, -0.05) is 30.3 Å². The van der Waals surface area contributed by atoms with Crippen LogP contribution in [0.5, 0.6) is 0 Å². The quantitative estimate of drug-likeness (QED) is 0.847. The van der Waals surface area contributed by atoms with Crippen LogP contribution in [0.2, 0.25) is 0 Å². The van der Waals surface area contributed by atoms with Crippen LogP contribution in [0.15, 0.2) is 30.3 Å². The molecule has 1 amide bonds. The Labute approximate surface area is 150 Å². The average Bonchev–Trinajstić information content (AvgIpc) is 2.69. The fourth-order valence-electron chi connectivity index (χ4n) is 4.12. The molecule has 2 heterocycles. The molecule has 5 nitrogen and oxygen atoms in total. The van der Waals surface area contributed by atoms with E-state index >= 15 is 0 Å². The maximum atomic E-state index is 11.8. The zero-order valence-corrected chi connectivity index (χ0v) is 15.0. The van der Waals surface area contributed by atoms with Gasteiger partial charge >= 0.3 is 6.09 Å². The molecular formula is C20H27N3O2. The van der Waals surface area contributed by atoms with Gasteiger partial charge in [-0.15, -0.1) is 0 Å². The first-order chi connectivity index (χ1) is 12.2. The Hall–Kier alpha value is -2.06. The molecule has 25 heavy (non-hydrogen) atoms. The van der Waals surface area contributed by atoms with Crippen LogP contribution in [0.4, 0.5) is 4.79 Å². The molecule has 1 aromatic rings. The third kappa shape index (κ3) is 3.80. The Morgan fingerprint density at radius 2 is 1.84 bits per heavy atom. The number of nitrogens with zero attached hydrogens (tertiary/aromatic N) is 3. The minimum Gasteiger partial charge on any atom is -0.450 e. The molecular weight excluding hydrogens is 314 g/mol. The third-order valence-electron chi connectivity index (χ3n) is 5.70. The van der Waals surface area contributed by atoms with E-state index in [1.54, 1.807) is 0 Å². The Balaban J connectivity index is 1.55. The molecule has 2 aliphatic rings. The normalized spacial score (nSPS) is 21.5. The van der Waals surface area contributed by atoms with Gasteiger partial charge in [-0.05, 0) is 38.2 Å². The molecule has 2 saturated heterocycles. The monoisotopic (exact) mass is 341 g/mol. The fourth-order valence-corrected chi connectivity index (χ4v) is 4.12. The van der Waals surface area contributed by atoms with Crippen molar-refractivity contribution >= 4 is 6.09 Å². The average molecular weight is 341 g/mol. The number of likely N-dealkylation sites (tertiary alicyclic amines) is 2. The van der Waals surface area contributed by atoms with Gasteiger partial charge in [-0.2, -0.15) is 5.26 Å². The number of ether oxygens (including phenoxy) is 1. The van der Waals surface area contributed by atoms with Gasteiger partial charge in [0.05, 0.1) is 18.1 Å². The van der Waals surface area contributed by atoms with Crippen LogP contribution < -0.4 is 0 Å². The number of carbonyl (C=O) groups is 1. The molecule has 134 valence electrons. The standard InChI is InChI=1S/C20H27N3O2/c1-2-25-19(24)23-12-8-18(9-13-23)22-14-10-20(16-21,11-15-22)17-6-4-3-5-7-17/h3-7,18H,2,8-15H2,1H3. The second-order valence-corrected chi connectivity index (χ2v) is 7.01. The Bertz CT molecular complexity index is 610. The molecule has 0 spiro atoms. The number of hydrogen-bond acceptors (Lipinski definition) is 4. The van der Waals surface area contributed by atoms with Gasteiger partial charge in [0.15, 0.2) is 0 Å². The van der Waals surface area contributed by atoms with E-state index in [2.05, 4.69) is 23.1 Å². The summed E-state index contributed by atoms with van der Waals surface area (Å²) in [5.41, 5.74) is 0.804. The van der Waals surface area contributed by atoms with Crippen molar-refractivity contribution in [3.05, 3.63) is 35.9 Å². The lowest BCUT2D eigenvalue weighted by Crippen LogP contribution is -2.51. The first-order valence-electron chi connectivity index (χ1n) is 9.31. The molecule has 0 atom stereocenters. The molecule has 0 unspecified atom stereocenters. The number of rotatable bonds is 3. The van der Waals surface area contributed by atoms with Crippen LogP contribution in [0.25, 0.3) is 0 Å². The Kier molecular flexibility index (Phi) is 5.60. The van der Waals surface area contributed by atoms with Gasteiger partial charge in [0.1, 0.15) is 0 Å². The van der Waals surface area contributed by atoms with Crippen LogP contribution >= 0.6 is 0 Å². The van der Waals surface area contributed by atoms with E-state index in [0.717, 1.165) is 57.4 Å². The highest BCUT2D eigenvalue weighted by atomic mass is 16.6. The van der Waals surface area contributed by atoms with Gasteiger partial charge in [0, 0.05) is 32.2 Å². The summed E-state index contributed by atoms with van der Waals surface area (Å²) in [5, 5.41) is 9.81. The molecule has 2 fully saturated rings. The molecule has 0 radical (unpaired) electrons. The second-order valence-electron chi connectivity index (χ2n) is 7.01. The van der Waals surface area contributed by atoms with Crippen LogP contribution in [0.3, 0.4) is 0 Å². The van der Waals surface area contributed by atoms with E-state index in [4.69, 9.17) is 4.74 Å². The summed E-state index contributed by atoms with van der Waals surface area (Å²) < 4.78 is 5.09. The molecule has 5 heteroatoms. The van der Waals surface area contributed by atoms with Crippen LogP contribution in [0, 0.1) is 11.3 Å². The van der Waals surface area contributed by atoms with E-state index in [9.17, 15) is 10.1 Å². The zero-order valence-electron chi connectivity index (χ0n) is 15.0. The SMILES string of the molecule is CCOC(=O)N1CCC(N2CCC(C#N)(c3ccccc3)CC2)CC1. The predicted octanol–water partition coefficient (Wildman–Crippen LogP) is 3.16. The fraction of sp³-hybridized carbons (Fsp3) is 0.600. The first-order valence-corrected chi connectivity index (χ1v) is 9.31. The number of hydrogen-bond donors (Lipinski definition) is 0. The number of amides is 1. The molecule has 3 rings (SSSR count). The van der Waals surface area contributed by atoms with E-state index in [0.29, 0.717) is 12.6 Å². The maximum Gasteiger partial charge on any atom is 0.409 e. The van der Waals surface area contributed by atoms with Crippen LogP contribution in [0.1, 0.15) is 38.2 Å². The molecule has 0 saturated carbocycles. The van der Waals surface area contributed by atoms with E-state index in [-0.39, 0.29) is 11.5 Å². The van der Waals surface area contributed by atoms with Crippen molar-refractivity contribution in [3.63, 3.8) is 0 Å². The highest BCUT2D eigenvalue weighted by Crippen LogP contribution is 2.36. The van der Waals surface area contributed by atoms with Crippen molar-refractivity contribution in [1.82, 2.24) is 9.80 Å². The highest BCUT2D eigenvalue weighted by Gasteiger charge is 2.38. The predicted molar refractivity (Wildman–Crippen MR) is 96.2 cm³/mol. The summed E-state index contributed by atoms with van der Waals surface area (Å²) in [5.74, 6) is 0. The lowest BCUT2D eigenvalue weighted by molar-refractivity contribution is 0.0618. The van der Waals surface area contributed by atoms with Crippen molar-refractivity contribution < 1.29 is 9.53 Å². The number of carbonyl (C=O) groups excluding carboxylic acids is 1. The van der Waals surface area contributed by atoms with E-state index in [1.807, 2.05) is 30.0 Å². The van der Waals surface area contributed by atoms with Gasteiger partial charge < -0.3 is 14.5 Å². The van der Waals surface area contributed by atoms with Crippen LogP contribution in [-0.4, -0.2) is 54.7 Å². The Morgan fingerprint density at radius 1 is 1.20 bits per heavy atom. The minimum atomic E-state index is -0.344. The van der Waals surface area contributed by atoms with Gasteiger partial charge in [-0.3, -0.25) is 0 Å². The number of nitriles is 1. The van der Waals surface area contributed by atoms with E-state index in [1.165, 1.54) is 0 Å². The molecule has 0 N–H and O–H groups in total. The smallest absolute Gasteiger partial charge is 0.409 e. The zero-order chi connectivity index (χ0) is 17.7. The minimum absolute atomic E-state index is 0.188. The largest absolute Gasteiger partial charge is 0.450 e. The van der Waals surface area contributed by atoms with Crippen LogP contribution in [-0.2, 0) is 10.2 Å². The second kappa shape index (κ2) is 7.88. The molecule has 0 aromatic heterocycles. The van der Waals surface area contributed by atoms with E-state index < -0.39 is 0 Å². The summed E-state index contributed by atoms with van der Waals surface area (Å²) >= 11 is 0. The van der Waals surface area contributed by atoms with Crippen molar-refractivity contribution in [1.29, 1.82) is 5.26 Å². The summed E-state index contributed by atoms with van der Waals surface area (Å²) in [6.07, 6.45) is 3.55. The summed E-state index contributed by atoms with van der Waals surface area (Å²) in [7, 11) is 0. The number of benzene rings is 1. The molecule has 2 aliphatic heterocycles. The summed E-state index contributed by atoms with van der Waals surface area (Å²) in [6, 6.07) is 13.3. The lowest BCUT2D eigenvalue weighted by atomic mass is 9.73. The summed E-state index contributed by atoms with van der Waals surface area (Å²) in [4.78, 5) is 16.1. The summed E-state index contributed by atoms with van der Waals surface area (Å²) in [6.45, 7) is 5.70. The van der Waals surface area contributed by atoms with Crippen molar-refractivity contribution in [2.45, 2.75) is 44.1 Å². The van der Waals surface area contributed by atoms with Gasteiger partial charge in [0.2, 0.25) is 0 Å². The van der Waals surface area contributed by atoms with Gasteiger partial charge in [0.25, 0.3) is 0 Å². The van der Waals surface area contributed by atoms with Crippen molar-refractivity contribution in [3.8, 4) is 6.07 Å². The molecule has 1 aromatic carbocycles. The third-order valence-corrected chi connectivity index (χ3v) is 5.70.